The van der Waals surface area contributed by atoms with E-state index in [-0.39, 0.29) is 17.9 Å². The van der Waals surface area contributed by atoms with Crippen LogP contribution in [0.15, 0.2) is 83.1 Å². The molecule has 7 heteroatoms. The number of rotatable bonds is 6. The van der Waals surface area contributed by atoms with Crippen LogP contribution in [0, 0.1) is 0 Å². The largest absolute Gasteiger partial charge is 0.507 e. The number of aliphatic hydroxyl groups is 1. The highest BCUT2D eigenvalue weighted by Crippen LogP contribution is 2.40. The molecule has 3 aromatic rings. The van der Waals surface area contributed by atoms with Gasteiger partial charge < -0.3 is 14.7 Å². The number of aromatic nitrogens is 1. The predicted octanol–water partition coefficient (Wildman–Crippen LogP) is 4.86. The molecule has 1 aliphatic heterocycles. The molecule has 0 bridgehead atoms. The lowest BCUT2D eigenvalue weighted by atomic mass is 9.95. The maximum Gasteiger partial charge on any atom is 0.295 e. The Kier molecular flexibility index (Phi) is 6.37. The van der Waals surface area contributed by atoms with Gasteiger partial charge in [-0.25, -0.2) is 0 Å². The lowest BCUT2D eigenvalue weighted by Crippen LogP contribution is -2.29. The van der Waals surface area contributed by atoms with Gasteiger partial charge in [-0.05, 0) is 54.4 Å². The molecule has 1 N–H and O–H groups in total. The lowest BCUT2D eigenvalue weighted by Gasteiger charge is -2.25. The van der Waals surface area contributed by atoms with Crippen LogP contribution < -0.4 is 4.74 Å². The highest BCUT2D eigenvalue weighted by molar-refractivity contribution is 9.10. The zero-order chi connectivity index (χ0) is 22.7. The summed E-state index contributed by atoms with van der Waals surface area (Å²) in [6.07, 6.45) is 3.28. The molecule has 0 radical (unpaired) electrons. The van der Waals surface area contributed by atoms with Gasteiger partial charge in [0.25, 0.3) is 11.7 Å². The molecule has 6 nitrogen and oxygen atoms in total. The Bertz CT molecular complexity index is 1180. The molecule has 1 aliphatic rings. The van der Waals surface area contributed by atoms with Gasteiger partial charge in [0.1, 0.15) is 11.5 Å². The fourth-order valence-electron chi connectivity index (χ4n) is 3.77. The van der Waals surface area contributed by atoms with Crippen molar-refractivity contribution in [3.63, 3.8) is 0 Å². The third-order valence-corrected chi connectivity index (χ3v) is 5.78. The predicted molar refractivity (Wildman–Crippen MR) is 124 cm³/mol. The average Bonchev–Trinajstić information content (AvgIpc) is 3.05. The van der Waals surface area contributed by atoms with Gasteiger partial charge in [-0.3, -0.25) is 14.6 Å². The fraction of sp³-hybridized carbons (Fsp3) is 0.160. The van der Waals surface area contributed by atoms with E-state index in [1.807, 2.05) is 31.2 Å². The molecule has 32 heavy (non-hydrogen) atoms. The summed E-state index contributed by atoms with van der Waals surface area (Å²) in [5.74, 6) is -1.03. The van der Waals surface area contributed by atoms with Crippen molar-refractivity contribution in [2.24, 2.45) is 0 Å². The van der Waals surface area contributed by atoms with Crippen LogP contribution in [0.3, 0.4) is 0 Å². The van der Waals surface area contributed by atoms with Crippen LogP contribution in [-0.4, -0.2) is 33.3 Å². The normalized spacial score (nSPS) is 17.6. The third-order valence-electron chi connectivity index (χ3n) is 5.25. The Hall–Kier alpha value is -3.45. The number of aliphatic hydroxyl groups excluding tert-OH is 1. The van der Waals surface area contributed by atoms with Crippen molar-refractivity contribution in [2.75, 3.05) is 6.61 Å². The number of likely N-dealkylation sites (tertiary alicyclic amines) is 1. The van der Waals surface area contributed by atoms with Crippen molar-refractivity contribution < 1.29 is 19.4 Å². The zero-order valence-electron chi connectivity index (χ0n) is 17.4. The average molecular weight is 493 g/mol. The smallest absolute Gasteiger partial charge is 0.295 e. The Morgan fingerprint density at radius 1 is 1.09 bits per heavy atom. The number of hydrogen-bond donors (Lipinski definition) is 1. The van der Waals surface area contributed by atoms with Gasteiger partial charge in [0.2, 0.25) is 0 Å². The van der Waals surface area contributed by atoms with Crippen LogP contribution in [-0.2, 0) is 16.1 Å². The summed E-state index contributed by atoms with van der Waals surface area (Å²) in [5.41, 5.74) is 2.03. The minimum atomic E-state index is -0.730. The first kappa shape index (κ1) is 21.8. The molecule has 4 rings (SSSR count). The molecule has 1 unspecified atom stereocenters. The molecular weight excluding hydrogens is 472 g/mol. The van der Waals surface area contributed by atoms with Gasteiger partial charge >= 0.3 is 0 Å². The molecule has 1 aromatic heterocycles. The van der Waals surface area contributed by atoms with E-state index in [4.69, 9.17) is 4.74 Å². The minimum Gasteiger partial charge on any atom is -0.507 e. The summed E-state index contributed by atoms with van der Waals surface area (Å²) in [5, 5.41) is 11.2. The van der Waals surface area contributed by atoms with Crippen molar-refractivity contribution >= 4 is 33.4 Å². The highest BCUT2D eigenvalue weighted by Gasteiger charge is 2.46. The van der Waals surface area contributed by atoms with Crippen LogP contribution in [0.25, 0.3) is 5.76 Å². The summed E-state index contributed by atoms with van der Waals surface area (Å²) >= 11 is 3.42. The number of carbonyl (C=O) groups is 2. The number of ketones is 1. The molecule has 1 atom stereocenters. The number of pyridine rings is 1. The van der Waals surface area contributed by atoms with E-state index < -0.39 is 17.7 Å². The van der Waals surface area contributed by atoms with Crippen LogP contribution in [0.2, 0.25) is 0 Å². The second-order valence-corrected chi connectivity index (χ2v) is 8.21. The molecule has 0 spiro atoms. The highest BCUT2D eigenvalue weighted by atomic mass is 79.9. The topological polar surface area (TPSA) is 79.7 Å². The number of nitrogens with zero attached hydrogens (tertiary/aromatic N) is 2. The van der Waals surface area contributed by atoms with Crippen LogP contribution in [0.1, 0.15) is 29.7 Å². The second-order valence-electron chi connectivity index (χ2n) is 7.29. The van der Waals surface area contributed by atoms with E-state index in [1.165, 1.54) is 4.90 Å². The maximum absolute atomic E-state index is 13.1. The van der Waals surface area contributed by atoms with E-state index in [0.29, 0.717) is 17.9 Å². The first-order valence-corrected chi connectivity index (χ1v) is 10.9. The van der Waals surface area contributed by atoms with Gasteiger partial charge in [-0.1, -0.05) is 40.2 Å². The monoisotopic (exact) mass is 492 g/mol. The van der Waals surface area contributed by atoms with Crippen molar-refractivity contribution in [1.29, 1.82) is 0 Å². The standard InChI is InChI=1S/C25H21BrN2O4/c1-2-32-20-5-3-4-18(14-20)23(29)21-22(17-6-8-19(26)9-7-17)28(25(31)24(21)30)15-16-10-12-27-13-11-16/h3-14,22,29H,2,15H2,1H3. The van der Waals surface area contributed by atoms with E-state index >= 15 is 0 Å². The fourth-order valence-corrected chi connectivity index (χ4v) is 4.04. The lowest BCUT2D eigenvalue weighted by molar-refractivity contribution is -0.140. The first-order valence-electron chi connectivity index (χ1n) is 10.2. The van der Waals surface area contributed by atoms with Crippen molar-refractivity contribution in [3.8, 4) is 5.75 Å². The Labute approximate surface area is 194 Å². The van der Waals surface area contributed by atoms with Gasteiger partial charge in [-0.15, -0.1) is 0 Å². The Morgan fingerprint density at radius 3 is 2.50 bits per heavy atom. The molecule has 1 amide bonds. The summed E-state index contributed by atoms with van der Waals surface area (Å²) in [7, 11) is 0. The number of ether oxygens (including phenoxy) is 1. The molecule has 162 valence electrons. The third kappa shape index (κ3) is 4.29. The quantitative estimate of drug-likeness (QED) is 0.301. The van der Waals surface area contributed by atoms with E-state index in [1.54, 1.807) is 48.8 Å². The van der Waals surface area contributed by atoms with Gasteiger partial charge in [0.05, 0.1) is 18.2 Å². The number of benzene rings is 2. The summed E-state index contributed by atoms with van der Waals surface area (Å²) in [6.45, 7) is 2.55. The SMILES string of the molecule is CCOc1cccc(C(O)=C2C(=O)C(=O)N(Cc3ccncc3)C2c2ccc(Br)cc2)c1. The van der Waals surface area contributed by atoms with Crippen molar-refractivity contribution in [1.82, 2.24) is 9.88 Å². The van der Waals surface area contributed by atoms with Crippen LogP contribution in [0.5, 0.6) is 5.75 Å². The first-order chi connectivity index (χ1) is 15.5. The van der Waals surface area contributed by atoms with Gasteiger partial charge in [0, 0.05) is 29.0 Å². The number of Topliss-reactive ketones (excluding diaryl/α,β-unsaturated/α-hetero) is 1. The minimum absolute atomic E-state index is 0.0556. The molecule has 0 aliphatic carbocycles. The van der Waals surface area contributed by atoms with E-state index in [0.717, 1.165) is 15.6 Å². The number of amides is 1. The van der Waals surface area contributed by atoms with Crippen LogP contribution in [0.4, 0.5) is 0 Å². The Morgan fingerprint density at radius 2 is 1.81 bits per heavy atom. The summed E-state index contributed by atoms with van der Waals surface area (Å²) < 4.78 is 6.40. The molecule has 2 aromatic carbocycles. The number of halogens is 1. The van der Waals surface area contributed by atoms with Crippen molar-refractivity contribution in [2.45, 2.75) is 19.5 Å². The van der Waals surface area contributed by atoms with E-state index in [9.17, 15) is 14.7 Å². The molecule has 1 saturated heterocycles. The zero-order valence-corrected chi connectivity index (χ0v) is 19.0. The molecule has 0 saturated carbocycles. The second kappa shape index (κ2) is 9.36. The number of carbonyl (C=O) groups excluding carboxylic acids is 2. The molecule has 2 heterocycles. The molecular formula is C25H21BrN2O4. The Balaban J connectivity index is 1.84. The number of hydrogen-bond acceptors (Lipinski definition) is 5. The van der Waals surface area contributed by atoms with E-state index in [2.05, 4.69) is 20.9 Å². The molecule has 1 fully saturated rings. The van der Waals surface area contributed by atoms with Crippen LogP contribution >= 0.6 is 15.9 Å². The maximum atomic E-state index is 13.1. The van der Waals surface area contributed by atoms with Gasteiger partial charge in [0.15, 0.2) is 0 Å². The van der Waals surface area contributed by atoms with Crippen molar-refractivity contribution in [3.05, 3.63) is 99.8 Å². The summed E-state index contributed by atoms with van der Waals surface area (Å²) in [6, 6.07) is 17.1. The van der Waals surface area contributed by atoms with Gasteiger partial charge in [-0.2, -0.15) is 0 Å². The summed E-state index contributed by atoms with van der Waals surface area (Å²) in [4.78, 5) is 31.7.